The van der Waals surface area contributed by atoms with Gasteiger partial charge in [0.25, 0.3) is 0 Å². The summed E-state index contributed by atoms with van der Waals surface area (Å²) in [4.78, 5) is 2.33. The Morgan fingerprint density at radius 2 is 1.54 bits per heavy atom. The van der Waals surface area contributed by atoms with E-state index in [4.69, 9.17) is 0 Å². The zero-order valence-corrected chi connectivity index (χ0v) is 15.2. The van der Waals surface area contributed by atoms with Crippen molar-refractivity contribution in [2.24, 2.45) is 5.92 Å². The van der Waals surface area contributed by atoms with Crippen LogP contribution in [0.25, 0.3) is 0 Å². The highest BCUT2D eigenvalue weighted by atomic mass is 19.4. The van der Waals surface area contributed by atoms with Crippen LogP contribution in [0.4, 0.5) is 13.2 Å². The summed E-state index contributed by atoms with van der Waals surface area (Å²) in [6, 6.07) is 18.2. The molecule has 0 heterocycles. The first-order valence-corrected chi connectivity index (χ1v) is 9.31. The second kappa shape index (κ2) is 8.26. The highest BCUT2D eigenvalue weighted by molar-refractivity contribution is 5.30. The molecule has 2 aromatic carbocycles. The number of nitrogens with zero attached hydrogens (tertiary/aromatic N) is 1. The van der Waals surface area contributed by atoms with Crippen molar-refractivity contribution in [1.82, 2.24) is 4.90 Å². The maximum absolute atomic E-state index is 12.7. The quantitative estimate of drug-likeness (QED) is 0.603. The van der Waals surface area contributed by atoms with Gasteiger partial charge in [-0.1, -0.05) is 54.6 Å². The lowest BCUT2D eigenvalue weighted by molar-refractivity contribution is -0.148. The molecule has 2 atom stereocenters. The summed E-state index contributed by atoms with van der Waals surface area (Å²) in [6.07, 6.45) is -0.737. The van der Waals surface area contributed by atoms with Crippen LogP contribution in [-0.2, 0) is 12.8 Å². The molecule has 1 nitrogen and oxygen atoms in total. The van der Waals surface area contributed by atoms with Gasteiger partial charge in [0.05, 0.1) is 5.92 Å². The Morgan fingerprint density at radius 1 is 0.885 bits per heavy atom. The number of benzene rings is 2. The average Bonchev–Trinajstić information content (AvgIpc) is 3.43. The molecule has 2 aromatic rings. The lowest BCUT2D eigenvalue weighted by Crippen LogP contribution is -2.22. The molecule has 140 valence electrons. The van der Waals surface area contributed by atoms with E-state index >= 15 is 0 Å². The van der Waals surface area contributed by atoms with E-state index in [1.54, 1.807) is 0 Å². The van der Waals surface area contributed by atoms with E-state index in [2.05, 4.69) is 36.2 Å². The first kappa shape index (κ1) is 19.0. The van der Waals surface area contributed by atoms with E-state index in [-0.39, 0.29) is 12.3 Å². The Balaban J connectivity index is 1.37. The van der Waals surface area contributed by atoms with Gasteiger partial charge in [0.1, 0.15) is 0 Å². The molecule has 0 saturated heterocycles. The summed E-state index contributed by atoms with van der Waals surface area (Å²) in [6.45, 7) is 2.05. The molecule has 4 heteroatoms. The predicted octanol–water partition coefficient (Wildman–Crippen LogP) is 5.46. The highest BCUT2D eigenvalue weighted by Crippen LogP contribution is 2.56. The molecule has 0 aromatic heterocycles. The Labute approximate surface area is 153 Å². The number of alkyl halides is 3. The van der Waals surface area contributed by atoms with Crippen LogP contribution < -0.4 is 0 Å². The van der Waals surface area contributed by atoms with Crippen LogP contribution >= 0.6 is 0 Å². The summed E-state index contributed by atoms with van der Waals surface area (Å²) in [5.74, 6) is -1.46. The third kappa shape index (κ3) is 5.34. The Kier molecular flexibility index (Phi) is 6.02. The number of hydrogen-bond acceptors (Lipinski definition) is 1. The van der Waals surface area contributed by atoms with Crippen LogP contribution in [0.1, 0.15) is 35.4 Å². The normalized spacial score (nSPS) is 19.7. The van der Waals surface area contributed by atoms with Crippen LogP contribution in [0.5, 0.6) is 0 Å². The summed E-state index contributed by atoms with van der Waals surface area (Å²) in [5, 5.41) is 0. The van der Waals surface area contributed by atoms with E-state index in [1.165, 1.54) is 11.1 Å². The van der Waals surface area contributed by atoms with Crippen molar-refractivity contribution in [2.75, 3.05) is 20.1 Å². The third-order valence-corrected chi connectivity index (χ3v) is 5.25. The zero-order valence-electron chi connectivity index (χ0n) is 15.2. The monoisotopic (exact) mass is 361 g/mol. The lowest BCUT2D eigenvalue weighted by Gasteiger charge is -2.16. The van der Waals surface area contributed by atoms with E-state index < -0.39 is 12.1 Å². The van der Waals surface area contributed by atoms with Crippen LogP contribution in [0.15, 0.2) is 54.6 Å². The molecule has 0 amide bonds. The van der Waals surface area contributed by atoms with Gasteiger partial charge in [0.2, 0.25) is 0 Å². The van der Waals surface area contributed by atoms with Crippen LogP contribution in [0.2, 0.25) is 0 Å². The predicted molar refractivity (Wildman–Crippen MR) is 99.3 cm³/mol. The molecule has 26 heavy (non-hydrogen) atoms. The van der Waals surface area contributed by atoms with Gasteiger partial charge in [0, 0.05) is 6.54 Å². The zero-order chi connectivity index (χ0) is 18.6. The second-order valence-electron chi connectivity index (χ2n) is 7.37. The van der Waals surface area contributed by atoms with Crippen molar-refractivity contribution in [3.05, 3.63) is 71.3 Å². The molecule has 1 saturated carbocycles. The largest absolute Gasteiger partial charge is 0.392 e. The van der Waals surface area contributed by atoms with Crippen molar-refractivity contribution in [3.63, 3.8) is 0 Å². The molecule has 1 aliphatic rings. The lowest BCUT2D eigenvalue weighted by atomic mass is 10.0. The second-order valence-corrected chi connectivity index (χ2v) is 7.37. The summed E-state index contributed by atoms with van der Waals surface area (Å²) >= 11 is 0. The van der Waals surface area contributed by atoms with Gasteiger partial charge in [0.15, 0.2) is 0 Å². The molecule has 3 rings (SSSR count). The molecule has 1 fully saturated rings. The van der Waals surface area contributed by atoms with Crippen molar-refractivity contribution in [3.8, 4) is 0 Å². The van der Waals surface area contributed by atoms with Gasteiger partial charge in [-0.05, 0) is 61.9 Å². The van der Waals surface area contributed by atoms with Gasteiger partial charge in [-0.25, -0.2) is 0 Å². The summed E-state index contributed by atoms with van der Waals surface area (Å²) < 4.78 is 38.0. The summed E-state index contributed by atoms with van der Waals surface area (Å²) in [5.41, 5.74) is 3.39. The standard InChI is InChI=1S/C22H26F3N/c1-26(15-13-17-6-3-2-4-7-17)14-5-8-18-9-11-19(12-10-18)20-16-21(20)22(23,24)25/h2-4,6-7,9-12,20-21H,5,8,13-16H2,1H3. The maximum Gasteiger partial charge on any atom is 0.392 e. The Morgan fingerprint density at radius 3 is 2.15 bits per heavy atom. The number of likely N-dealkylation sites (N-methyl/N-ethyl adjacent to an activating group) is 1. The van der Waals surface area contributed by atoms with Gasteiger partial charge < -0.3 is 4.90 Å². The maximum atomic E-state index is 12.7. The SMILES string of the molecule is CN(CCCc1ccc(C2CC2C(F)(F)F)cc1)CCc1ccccc1. The number of rotatable bonds is 8. The van der Waals surface area contributed by atoms with Crippen molar-refractivity contribution in [2.45, 2.75) is 37.8 Å². The minimum absolute atomic E-state index is 0.245. The first-order chi connectivity index (χ1) is 12.4. The number of aryl methyl sites for hydroxylation is 1. The fourth-order valence-electron chi connectivity index (χ4n) is 3.49. The Hall–Kier alpha value is -1.81. The topological polar surface area (TPSA) is 3.24 Å². The molecule has 0 spiro atoms. The summed E-state index contributed by atoms with van der Waals surface area (Å²) in [7, 11) is 2.14. The van der Waals surface area contributed by atoms with E-state index in [0.717, 1.165) is 37.9 Å². The number of hydrogen-bond donors (Lipinski definition) is 0. The van der Waals surface area contributed by atoms with Crippen molar-refractivity contribution >= 4 is 0 Å². The van der Waals surface area contributed by atoms with Crippen molar-refractivity contribution in [1.29, 1.82) is 0 Å². The average molecular weight is 361 g/mol. The van der Waals surface area contributed by atoms with Gasteiger partial charge >= 0.3 is 6.18 Å². The molecule has 0 radical (unpaired) electrons. The van der Waals surface area contributed by atoms with E-state index in [1.807, 2.05) is 30.3 Å². The first-order valence-electron chi connectivity index (χ1n) is 9.31. The molecule has 1 aliphatic carbocycles. The van der Waals surface area contributed by atoms with Crippen LogP contribution in [-0.4, -0.2) is 31.2 Å². The van der Waals surface area contributed by atoms with Gasteiger partial charge in [-0.2, -0.15) is 13.2 Å². The van der Waals surface area contributed by atoms with Crippen LogP contribution in [0, 0.1) is 5.92 Å². The number of halogens is 3. The minimum Gasteiger partial charge on any atom is -0.306 e. The fourth-order valence-corrected chi connectivity index (χ4v) is 3.49. The Bertz CT molecular complexity index is 679. The molecule has 0 aliphatic heterocycles. The molecule has 0 N–H and O–H groups in total. The molecular formula is C22H26F3N. The van der Waals surface area contributed by atoms with Crippen LogP contribution in [0.3, 0.4) is 0 Å². The van der Waals surface area contributed by atoms with E-state index in [9.17, 15) is 13.2 Å². The van der Waals surface area contributed by atoms with Gasteiger partial charge in [-0.3, -0.25) is 0 Å². The minimum atomic E-state index is -4.05. The molecule has 0 bridgehead atoms. The van der Waals surface area contributed by atoms with Crippen molar-refractivity contribution < 1.29 is 13.2 Å². The molecule has 2 unspecified atom stereocenters. The highest BCUT2D eigenvalue weighted by Gasteiger charge is 2.55. The third-order valence-electron chi connectivity index (χ3n) is 5.25. The molecular weight excluding hydrogens is 335 g/mol. The fraction of sp³-hybridized carbons (Fsp3) is 0.455. The van der Waals surface area contributed by atoms with Gasteiger partial charge in [-0.15, -0.1) is 0 Å². The smallest absolute Gasteiger partial charge is 0.306 e. The van der Waals surface area contributed by atoms with E-state index in [0.29, 0.717) is 0 Å².